The summed E-state index contributed by atoms with van der Waals surface area (Å²) in [4.78, 5) is 59.0. The molecule has 0 aromatic heterocycles. The van der Waals surface area contributed by atoms with Crippen molar-refractivity contribution in [1.29, 1.82) is 0 Å². The van der Waals surface area contributed by atoms with Crippen molar-refractivity contribution in [3.05, 3.63) is 235 Å². The molecule has 0 amide bonds. The Morgan fingerprint density at radius 1 is 0.231 bits per heavy atom. The van der Waals surface area contributed by atoms with Gasteiger partial charge in [0.05, 0.1) is 0 Å². The molecule has 0 saturated carbocycles. The van der Waals surface area contributed by atoms with Gasteiger partial charge in [0.1, 0.15) is 0 Å². The maximum atomic E-state index is 9.83. The third-order valence-corrected chi connectivity index (χ3v) is 7.24. The number of benzene rings is 6. The largest absolute Gasteiger partial charge is 3.00 e. The standard InChI is InChI=1S/3C15H11O2.Ga/c3*16-14(12-7-3-1-4-8-12)11-15(17)13-9-5-2-6-10-13;/h3*1-11H;/q3*-1;+3/p+6. The van der Waals surface area contributed by atoms with Crippen LogP contribution in [0.2, 0.25) is 0 Å². The van der Waals surface area contributed by atoms with E-state index in [-0.39, 0.29) is 54.5 Å². The summed E-state index contributed by atoms with van der Waals surface area (Å²) in [6.07, 6.45) is 4.06. The first-order valence-corrected chi connectivity index (χ1v) is 16.0. The maximum Gasteiger partial charge on any atom is 3.00 e. The van der Waals surface area contributed by atoms with Crippen molar-refractivity contribution >= 4 is 54.5 Å². The molecule has 0 unspecified atom stereocenters. The van der Waals surface area contributed by atoms with Crippen LogP contribution in [-0.2, 0) is 0 Å². The Labute approximate surface area is 316 Å². The van der Waals surface area contributed by atoms with Gasteiger partial charge in [0, 0.05) is 19.3 Å². The molecule has 0 spiro atoms. The summed E-state index contributed by atoms with van der Waals surface area (Å²) < 4.78 is 0. The average Bonchev–Trinajstić information content (AvgIpc) is 3.20. The summed E-state index contributed by atoms with van der Waals surface area (Å²) in [5.74, 6) is 0.289. The van der Waals surface area contributed by atoms with Crippen LogP contribution >= 0.6 is 0 Å². The quantitative estimate of drug-likeness (QED) is 0.0432. The van der Waals surface area contributed by atoms with E-state index in [2.05, 4.69) is 0 Å². The van der Waals surface area contributed by atoms with Crippen LogP contribution in [0.3, 0.4) is 0 Å². The summed E-state index contributed by atoms with van der Waals surface area (Å²) >= 11 is 0. The monoisotopic (exact) mass is 744 g/mol. The van der Waals surface area contributed by atoms with Crippen molar-refractivity contribution < 1.29 is 28.8 Å². The van der Waals surface area contributed by atoms with Crippen molar-refractivity contribution in [1.82, 2.24) is 0 Å². The molecule has 0 saturated heterocycles. The van der Waals surface area contributed by atoms with Gasteiger partial charge < -0.3 is 28.8 Å². The van der Waals surface area contributed by atoms with E-state index >= 15 is 0 Å². The molecule has 0 aliphatic rings. The van der Waals surface area contributed by atoms with Gasteiger partial charge in [0.25, 0.3) is 34.7 Å². The predicted molar refractivity (Wildman–Crippen MR) is 214 cm³/mol. The van der Waals surface area contributed by atoms with Gasteiger partial charge in [-0.05, 0) is 33.4 Å². The van der Waals surface area contributed by atoms with Gasteiger partial charge in [-0.1, -0.05) is 109 Å². The summed E-state index contributed by atoms with van der Waals surface area (Å²) in [7, 11) is 0. The SMILES string of the molecule is [Ga+3].[OH+]=C([CH-]C(=[OH+])c1ccccc1)c1ccccc1.[OH+]=C([CH-]C(=[OH+])c1ccccc1)c1ccccc1.[OH+]=C([CH-]C(=[OH+])c1ccccc1)c1ccccc1. The van der Waals surface area contributed by atoms with E-state index in [1.807, 2.05) is 109 Å². The zero-order valence-corrected chi connectivity index (χ0v) is 30.7. The molecule has 0 fully saturated rings. The second-order valence-electron chi connectivity index (χ2n) is 10.9. The summed E-state index contributed by atoms with van der Waals surface area (Å²) in [5.41, 5.74) is 4.06. The number of carbonyl (C=O) groups excluding carboxylic acids is 6. The minimum atomic E-state index is 0. The Morgan fingerprint density at radius 2 is 0.346 bits per heavy atom. The van der Waals surface area contributed by atoms with E-state index in [1.165, 1.54) is 19.3 Å². The van der Waals surface area contributed by atoms with Crippen LogP contribution < -0.4 is 0 Å². The smallest absolute Gasteiger partial charge is 0.300 e. The molecule has 6 N–H and O–H groups in total. The molecule has 6 aromatic rings. The van der Waals surface area contributed by atoms with Crippen LogP contribution in [0.4, 0.5) is 0 Å². The van der Waals surface area contributed by atoms with Crippen molar-refractivity contribution in [3.8, 4) is 0 Å². The normalized spacial score (nSPS) is 9.46. The molecule has 0 atom stereocenters. The molecule has 6 nitrogen and oxygen atoms in total. The van der Waals surface area contributed by atoms with E-state index < -0.39 is 0 Å². The second kappa shape index (κ2) is 21.6. The predicted octanol–water partition coefficient (Wildman–Crippen LogP) is 6.75. The maximum absolute atomic E-state index is 9.83. The van der Waals surface area contributed by atoms with Gasteiger partial charge in [-0.3, -0.25) is 0 Å². The molecule has 0 aliphatic carbocycles. The molecular formula is C45H39GaO6+6. The van der Waals surface area contributed by atoms with Gasteiger partial charge in [-0.25, -0.2) is 0 Å². The molecule has 7 heteroatoms. The zero-order valence-electron chi connectivity index (χ0n) is 28.3. The summed E-state index contributed by atoms with van der Waals surface area (Å²) in [5, 5.41) is 0. The molecule has 252 valence electrons. The van der Waals surface area contributed by atoms with Crippen molar-refractivity contribution in [2.45, 2.75) is 0 Å². The number of ketones is 6. The summed E-state index contributed by atoms with van der Waals surface area (Å²) in [6.45, 7) is 0. The van der Waals surface area contributed by atoms with Crippen molar-refractivity contribution in [3.63, 3.8) is 0 Å². The Bertz CT molecular complexity index is 1640. The van der Waals surface area contributed by atoms with E-state index in [0.717, 1.165) is 0 Å². The first-order valence-electron chi connectivity index (χ1n) is 16.0. The Morgan fingerprint density at radius 3 is 0.462 bits per heavy atom. The second-order valence-corrected chi connectivity index (χ2v) is 10.9. The number of hydrogen-bond donors (Lipinski definition) is 0. The van der Waals surface area contributed by atoms with Crippen LogP contribution in [0.5, 0.6) is 0 Å². The molecule has 0 bridgehead atoms. The molecule has 52 heavy (non-hydrogen) atoms. The van der Waals surface area contributed by atoms with E-state index in [4.69, 9.17) is 0 Å². The molecule has 0 aliphatic heterocycles. The van der Waals surface area contributed by atoms with Crippen LogP contribution in [-0.4, -0.2) is 83.3 Å². The molecular weight excluding hydrogens is 706 g/mol. The van der Waals surface area contributed by atoms with Gasteiger partial charge in [0.15, 0.2) is 0 Å². The molecule has 0 heterocycles. The summed E-state index contributed by atoms with van der Waals surface area (Å²) in [6, 6.07) is 54.6. The van der Waals surface area contributed by atoms with Gasteiger partial charge >= 0.3 is 19.8 Å². The third-order valence-electron chi connectivity index (χ3n) is 7.24. The Balaban J connectivity index is 0.000000208. The third kappa shape index (κ3) is 13.1. The van der Waals surface area contributed by atoms with Crippen LogP contribution in [0, 0.1) is 19.3 Å². The minimum absolute atomic E-state index is 0. The Kier molecular flexibility index (Phi) is 16.6. The number of rotatable bonds is 12. The van der Waals surface area contributed by atoms with Crippen LogP contribution in [0.25, 0.3) is 0 Å². The zero-order chi connectivity index (χ0) is 36.3. The fourth-order valence-corrected chi connectivity index (χ4v) is 4.54. The van der Waals surface area contributed by atoms with Gasteiger partial charge in [-0.2, -0.15) is 0 Å². The van der Waals surface area contributed by atoms with E-state index in [1.54, 1.807) is 72.8 Å². The Hall–Kier alpha value is -6.41. The fourth-order valence-electron chi connectivity index (χ4n) is 4.54. The average molecular weight is 746 g/mol. The van der Waals surface area contributed by atoms with E-state index in [9.17, 15) is 28.8 Å². The minimum Gasteiger partial charge on any atom is -0.300 e. The van der Waals surface area contributed by atoms with Gasteiger partial charge in [0.2, 0.25) is 0 Å². The first-order chi connectivity index (χ1) is 24.8. The van der Waals surface area contributed by atoms with E-state index in [0.29, 0.717) is 33.4 Å². The first kappa shape index (κ1) is 40.0. The van der Waals surface area contributed by atoms with Gasteiger partial charge in [-0.15, -0.1) is 72.8 Å². The topological polar surface area (TPSA) is 128 Å². The fraction of sp³-hybridized carbons (Fsp3) is 0. The molecule has 6 aromatic carbocycles. The number of hydrogen-bond acceptors (Lipinski definition) is 0. The molecule has 0 radical (unpaired) electrons. The van der Waals surface area contributed by atoms with Crippen molar-refractivity contribution in [2.24, 2.45) is 0 Å². The van der Waals surface area contributed by atoms with Crippen LogP contribution in [0.1, 0.15) is 33.4 Å². The van der Waals surface area contributed by atoms with Crippen LogP contribution in [0.15, 0.2) is 182 Å². The van der Waals surface area contributed by atoms with Crippen molar-refractivity contribution in [2.75, 3.05) is 0 Å². The molecule has 6 rings (SSSR count).